The lowest BCUT2D eigenvalue weighted by atomic mass is 10.1. The standard InChI is InChI=1S/C14H20N2O3S/c1-3-4-8-15-14(17)10-20-11(2)12-6-5-7-13(9-12)16(18)19/h5-7,9,11H,3-4,8,10H2,1-2H3,(H,15,17)/t11-/m1/s1. The number of carbonyl (C=O) groups is 1. The molecule has 1 N–H and O–H groups in total. The van der Waals surface area contributed by atoms with Crippen molar-refractivity contribution in [1.82, 2.24) is 5.32 Å². The minimum atomic E-state index is -0.404. The van der Waals surface area contributed by atoms with Crippen molar-refractivity contribution in [3.63, 3.8) is 0 Å². The molecule has 1 aromatic carbocycles. The van der Waals surface area contributed by atoms with E-state index in [9.17, 15) is 14.9 Å². The number of thioether (sulfide) groups is 1. The number of amides is 1. The predicted molar refractivity (Wildman–Crippen MR) is 81.9 cm³/mol. The summed E-state index contributed by atoms with van der Waals surface area (Å²) in [7, 11) is 0. The van der Waals surface area contributed by atoms with Crippen LogP contribution in [0.15, 0.2) is 24.3 Å². The molecule has 0 fully saturated rings. The van der Waals surface area contributed by atoms with Crippen LogP contribution in [0, 0.1) is 10.1 Å². The van der Waals surface area contributed by atoms with Gasteiger partial charge in [-0.15, -0.1) is 11.8 Å². The normalized spacial score (nSPS) is 11.9. The number of rotatable bonds is 8. The number of nitrogens with one attached hydrogen (secondary N) is 1. The van der Waals surface area contributed by atoms with Gasteiger partial charge in [0.05, 0.1) is 10.7 Å². The van der Waals surface area contributed by atoms with Gasteiger partial charge in [-0.3, -0.25) is 14.9 Å². The van der Waals surface area contributed by atoms with Crippen molar-refractivity contribution in [2.45, 2.75) is 31.9 Å². The number of nitrogens with zero attached hydrogens (tertiary/aromatic N) is 1. The zero-order chi connectivity index (χ0) is 15.0. The van der Waals surface area contributed by atoms with Crippen LogP contribution in [0.2, 0.25) is 0 Å². The zero-order valence-electron chi connectivity index (χ0n) is 11.8. The predicted octanol–water partition coefficient (Wildman–Crippen LogP) is 3.31. The van der Waals surface area contributed by atoms with Crippen LogP contribution in [0.3, 0.4) is 0 Å². The summed E-state index contributed by atoms with van der Waals surface area (Å²) in [5.41, 5.74) is 0.952. The van der Waals surface area contributed by atoms with E-state index in [-0.39, 0.29) is 16.8 Å². The Kier molecular flexibility index (Phi) is 7.08. The van der Waals surface area contributed by atoms with Gasteiger partial charge in [0.25, 0.3) is 5.69 Å². The maximum absolute atomic E-state index is 11.6. The Morgan fingerprint density at radius 1 is 1.50 bits per heavy atom. The largest absolute Gasteiger partial charge is 0.355 e. The van der Waals surface area contributed by atoms with Crippen LogP contribution in [0.1, 0.15) is 37.5 Å². The van der Waals surface area contributed by atoms with Gasteiger partial charge in [-0.25, -0.2) is 0 Å². The molecule has 1 aromatic rings. The Labute approximate surface area is 123 Å². The Morgan fingerprint density at radius 2 is 2.25 bits per heavy atom. The van der Waals surface area contributed by atoms with Crippen molar-refractivity contribution >= 4 is 23.4 Å². The molecule has 0 heterocycles. The van der Waals surface area contributed by atoms with Gasteiger partial charge in [-0.05, 0) is 18.9 Å². The number of hydrogen-bond acceptors (Lipinski definition) is 4. The van der Waals surface area contributed by atoms with E-state index in [2.05, 4.69) is 12.2 Å². The van der Waals surface area contributed by atoms with E-state index in [1.54, 1.807) is 12.1 Å². The minimum absolute atomic E-state index is 0.0146. The molecule has 0 aliphatic carbocycles. The minimum Gasteiger partial charge on any atom is -0.355 e. The molecule has 5 nitrogen and oxygen atoms in total. The number of carbonyl (C=O) groups excluding carboxylic acids is 1. The first-order valence-electron chi connectivity index (χ1n) is 6.67. The lowest BCUT2D eigenvalue weighted by molar-refractivity contribution is -0.384. The van der Waals surface area contributed by atoms with Gasteiger partial charge in [0.1, 0.15) is 0 Å². The summed E-state index contributed by atoms with van der Waals surface area (Å²) in [5, 5.41) is 13.6. The Hall–Kier alpha value is -1.56. The third-order valence-electron chi connectivity index (χ3n) is 2.87. The highest BCUT2D eigenvalue weighted by Gasteiger charge is 2.12. The molecule has 0 saturated heterocycles. The molecular weight excluding hydrogens is 276 g/mol. The third kappa shape index (κ3) is 5.61. The molecule has 110 valence electrons. The molecule has 1 atom stereocenters. The number of unbranched alkanes of at least 4 members (excludes halogenated alkanes) is 1. The molecule has 1 amide bonds. The molecule has 1 rings (SSSR count). The number of nitro benzene ring substituents is 1. The highest BCUT2D eigenvalue weighted by molar-refractivity contribution is 8.00. The summed E-state index contributed by atoms with van der Waals surface area (Å²) in [6.45, 7) is 4.73. The van der Waals surface area contributed by atoms with Crippen LogP contribution in [-0.2, 0) is 4.79 Å². The summed E-state index contributed by atoms with van der Waals surface area (Å²) < 4.78 is 0. The van der Waals surface area contributed by atoms with Gasteiger partial charge in [0.2, 0.25) is 5.91 Å². The average molecular weight is 296 g/mol. The van der Waals surface area contributed by atoms with Crippen molar-refractivity contribution < 1.29 is 9.72 Å². The third-order valence-corrected chi connectivity index (χ3v) is 4.07. The van der Waals surface area contributed by atoms with E-state index in [1.807, 2.05) is 13.0 Å². The highest BCUT2D eigenvalue weighted by Crippen LogP contribution is 2.29. The van der Waals surface area contributed by atoms with Crippen LogP contribution >= 0.6 is 11.8 Å². The molecule has 0 aliphatic rings. The van der Waals surface area contributed by atoms with Crippen molar-refractivity contribution in [3.8, 4) is 0 Å². The Bertz CT molecular complexity index is 465. The molecule has 0 bridgehead atoms. The Morgan fingerprint density at radius 3 is 2.90 bits per heavy atom. The first-order valence-corrected chi connectivity index (χ1v) is 7.72. The van der Waals surface area contributed by atoms with E-state index < -0.39 is 4.92 Å². The number of benzene rings is 1. The van der Waals surface area contributed by atoms with Gasteiger partial charge in [-0.1, -0.05) is 25.5 Å². The van der Waals surface area contributed by atoms with Crippen LogP contribution in [0.4, 0.5) is 5.69 Å². The topological polar surface area (TPSA) is 72.2 Å². The van der Waals surface area contributed by atoms with Crippen molar-refractivity contribution in [1.29, 1.82) is 0 Å². The molecule has 0 aliphatic heterocycles. The van der Waals surface area contributed by atoms with Crippen LogP contribution < -0.4 is 5.32 Å². The maximum Gasteiger partial charge on any atom is 0.269 e. The maximum atomic E-state index is 11.6. The number of hydrogen-bond donors (Lipinski definition) is 1. The molecule has 0 aromatic heterocycles. The first-order chi connectivity index (χ1) is 9.54. The monoisotopic (exact) mass is 296 g/mol. The van der Waals surface area contributed by atoms with Gasteiger partial charge in [0.15, 0.2) is 0 Å². The molecule has 20 heavy (non-hydrogen) atoms. The van der Waals surface area contributed by atoms with Gasteiger partial charge >= 0.3 is 0 Å². The van der Waals surface area contributed by atoms with Crippen LogP contribution in [-0.4, -0.2) is 23.1 Å². The van der Waals surface area contributed by atoms with Crippen molar-refractivity contribution in [2.24, 2.45) is 0 Å². The second-order valence-electron chi connectivity index (χ2n) is 4.51. The fraction of sp³-hybridized carbons (Fsp3) is 0.500. The fourth-order valence-electron chi connectivity index (χ4n) is 1.64. The van der Waals surface area contributed by atoms with E-state index >= 15 is 0 Å². The van der Waals surface area contributed by atoms with Gasteiger partial charge in [0, 0.05) is 23.9 Å². The van der Waals surface area contributed by atoms with Gasteiger partial charge in [-0.2, -0.15) is 0 Å². The van der Waals surface area contributed by atoms with E-state index in [0.717, 1.165) is 18.4 Å². The van der Waals surface area contributed by atoms with Crippen molar-refractivity contribution in [3.05, 3.63) is 39.9 Å². The molecule has 0 saturated carbocycles. The fourth-order valence-corrected chi connectivity index (χ4v) is 2.49. The van der Waals surface area contributed by atoms with Gasteiger partial charge < -0.3 is 5.32 Å². The zero-order valence-corrected chi connectivity index (χ0v) is 12.6. The average Bonchev–Trinajstić information content (AvgIpc) is 2.45. The highest BCUT2D eigenvalue weighted by atomic mass is 32.2. The van der Waals surface area contributed by atoms with E-state index in [0.29, 0.717) is 12.3 Å². The van der Waals surface area contributed by atoms with E-state index in [1.165, 1.54) is 17.8 Å². The summed E-state index contributed by atoms with van der Waals surface area (Å²) >= 11 is 1.48. The summed E-state index contributed by atoms with van der Waals surface area (Å²) in [6.07, 6.45) is 2.04. The molecular formula is C14H20N2O3S. The summed E-state index contributed by atoms with van der Waals surface area (Å²) in [5.74, 6) is 0.383. The lowest BCUT2D eigenvalue weighted by Gasteiger charge is -2.11. The second kappa shape index (κ2) is 8.58. The quantitative estimate of drug-likeness (QED) is 0.454. The Balaban J connectivity index is 2.46. The summed E-state index contributed by atoms with van der Waals surface area (Å²) in [4.78, 5) is 21.9. The molecule has 0 radical (unpaired) electrons. The van der Waals surface area contributed by atoms with Crippen LogP contribution in [0.25, 0.3) is 0 Å². The lowest BCUT2D eigenvalue weighted by Crippen LogP contribution is -2.26. The second-order valence-corrected chi connectivity index (χ2v) is 5.84. The smallest absolute Gasteiger partial charge is 0.269 e. The first kappa shape index (κ1) is 16.5. The number of nitro groups is 1. The summed E-state index contributed by atoms with van der Waals surface area (Å²) in [6, 6.07) is 6.55. The SMILES string of the molecule is CCCCNC(=O)CS[C@H](C)c1cccc([N+](=O)[O-])c1. The molecule has 0 unspecified atom stereocenters. The van der Waals surface area contributed by atoms with Crippen LogP contribution in [0.5, 0.6) is 0 Å². The molecule has 0 spiro atoms. The molecule has 6 heteroatoms. The van der Waals surface area contributed by atoms with Crippen molar-refractivity contribution in [2.75, 3.05) is 12.3 Å². The number of non-ortho nitro benzene ring substituents is 1. The van der Waals surface area contributed by atoms with E-state index in [4.69, 9.17) is 0 Å².